The summed E-state index contributed by atoms with van der Waals surface area (Å²) in [5.41, 5.74) is 3.12. The van der Waals surface area contributed by atoms with Crippen molar-refractivity contribution in [3.63, 3.8) is 0 Å². The van der Waals surface area contributed by atoms with Crippen molar-refractivity contribution in [1.29, 1.82) is 0 Å². The quantitative estimate of drug-likeness (QED) is 0.602. The van der Waals surface area contributed by atoms with Crippen LogP contribution >= 0.6 is 11.3 Å². The minimum absolute atomic E-state index is 0.156. The molecule has 0 atom stereocenters. The van der Waals surface area contributed by atoms with Gasteiger partial charge in [0.25, 0.3) is 5.91 Å². The number of thiazole rings is 1. The molecule has 9 nitrogen and oxygen atoms in total. The molecule has 0 radical (unpaired) electrons. The largest absolute Gasteiger partial charge is 0.393 e. The van der Waals surface area contributed by atoms with Gasteiger partial charge in [0, 0.05) is 38.1 Å². The SMILES string of the molecule is CCN1c2nc(Nc3ccc(N4CCC(O)CC4)cc3)ncc2N(C)C(=O)c2nc(C)sc21. The number of fused-ring (bicyclic) bond motifs is 2. The molecule has 3 aromatic rings. The third kappa shape index (κ3) is 4.00. The summed E-state index contributed by atoms with van der Waals surface area (Å²) in [4.78, 5) is 32.6. The number of aliphatic hydroxyl groups excluding tert-OH is 1. The van der Waals surface area contributed by atoms with Crippen LogP contribution in [0.15, 0.2) is 30.5 Å². The summed E-state index contributed by atoms with van der Waals surface area (Å²) in [7, 11) is 1.73. The van der Waals surface area contributed by atoms with E-state index in [2.05, 4.69) is 32.3 Å². The Hall–Kier alpha value is -3.24. The van der Waals surface area contributed by atoms with Crippen LogP contribution in [0.3, 0.4) is 0 Å². The van der Waals surface area contributed by atoms with Crippen molar-refractivity contribution >= 4 is 51.1 Å². The van der Waals surface area contributed by atoms with Crippen molar-refractivity contribution in [1.82, 2.24) is 15.0 Å². The number of aliphatic hydroxyl groups is 1. The Morgan fingerprint density at radius 1 is 1.18 bits per heavy atom. The van der Waals surface area contributed by atoms with Gasteiger partial charge >= 0.3 is 0 Å². The van der Waals surface area contributed by atoms with E-state index >= 15 is 0 Å². The maximum Gasteiger partial charge on any atom is 0.279 e. The number of rotatable bonds is 4. The first-order valence-electron chi connectivity index (χ1n) is 11.1. The Balaban J connectivity index is 1.42. The van der Waals surface area contributed by atoms with E-state index in [4.69, 9.17) is 4.98 Å². The number of piperidine rings is 1. The molecule has 1 fully saturated rings. The van der Waals surface area contributed by atoms with E-state index in [1.54, 1.807) is 18.1 Å². The monoisotopic (exact) mass is 465 g/mol. The van der Waals surface area contributed by atoms with Gasteiger partial charge in [0.1, 0.15) is 10.7 Å². The van der Waals surface area contributed by atoms with Gasteiger partial charge in [-0.2, -0.15) is 4.98 Å². The summed E-state index contributed by atoms with van der Waals surface area (Å²) in [6.45, 7) is 6.31. The van der Waals surface area contributed by atoms with Crippen LogP contribution in [0.2, 0.25) is 0 Å². The maximum absolute atomic E-state index is 13.0. The molecule has 2 aromatic heterocycles. The highest BCUT2D eigenvalue weighted by Gasteiger charge is 2.33. The molecule has 10 heteroatoms. The standard InChI is InChI=1S/C23H27N7O2S/c1-4-30-20-18(28(3)21(32)19-22(30)33-14(2)25-19)13-24-23(27-20)26-15-5-7-16(8-6-15)29-11-9-17(31)10-12-29/h5-8,13,17,31H,4,9-12H2,1-3H3,(H,24,26,27). The number of benzene rings is 1. The van der Waals surface area contributed by atoms with Gasteiger partial charge in [0.2, 0.25) is 5.95 Å². The van der Waals surface area contributed by atoms with Crippen LogP contribution in [-0.4, -0.2) is 58.8 Å². The number of aryl methyl sites for hydroxylation is 1. The van der Waals surface area contributed by atoms with Crippen LogP contribution in [0, 0.1) is 6.92 Å². The Morgan fingerprint density at radius 2 is 1.91 bits per heavy atom. The molecular weight excluding hydrogens is 438 g/mol. The number of carbonyl (C=O) groups excluding carboxylic acids is 1. The Kier molecular flexibility index (Phi) is 5.63. The molecule has 2 N–H and O–H groups in total. The number of aromatic nitrogens is 3. The van der Waals surface area contributed by atoms with Crippen LogP contribution in [0.4, 0.5) is 33.8 Å². The minimum atomic E-state index is -0.186. The molecular formula is C23H27N7O2S. The second-order valence-corrected chi connectivity index (χ2v) is 9.47. The highest BCUT2D eigenvalue weighted by Crippen LogP contribution is 2.41. The highest BCUT2D eigenvalue weighted by molar-refractivity contribution is 7.16. The molecule has 1 amide bonds. The lowest BCUT2D eigenvalue weighted by atomic mass is 10.1. The molecule has 0 unspecified atom stereocenters. The van der Waals surface area contributed by atoms with Gasteiger partial charge in [-0.05, 0) is 51.0 Å². The van der Waals surface area contributed by atoms with E-state index < -0.39 is 0 Å². The minimum Gasteiger partial charge on any atom is -0.393 e. The molecule has 0 spiro atoms. The summed E-state index contributed by atoms with van der Waals surface area (Å²) in [5, 5.41) is 14.7. The molecule has 4 heterocycles. The van der Waals surface area contributed by atoms with Gasteiger partial charge in [-0.3, -0.25) is 4.79 Å². The Labute approximate surface area is 196 Å². The molecule has 0 saturated carbocycles. The third-order valence-corrected chi connectivity index (χ3v) is 7.10. The zero-order valence-electron chi connectivity index (χ0n) is 18.9. The summed E-state index contributed by atoms with van der Waals surface area (Å²) >= 11 is 1.50. The summed E-state index contributed by atoms with van der Waals surface area (Å²) < 4.78 is 0. The zero-order chi connectivity index (χ0) is 23.1. The second kappa shape index (κ2) is 8.60. The van der Waals surface area contributed by atoms with E-state index in [1.807, 2.05) is 30.9 Å². The normalized spacial score (nSPS) is 16.5. The number of nitrogens with one attached hydrogen (secondary N) is 1. The number of amides is 1. The summed E-state index contributed by atoms with van der Waals surface area (Å²) in [6.07, 6.45) is 3.10. The zero-order valence-corrected chi connectivity index (χ0v) is 19.8. The van der Waals surface area contributed by atoms with Gasteiger partial charge < -0.3 is 25.1 Å². The Bertz CT molecular complexity index is 1170. The molecule has 0 aliphatic carbocycles. The number of hydrogen-bond acceptors (Lipinski definition) is 9. The van der Waals surface area contributed by atoms with E-state index in [9.17, 15) is 9.90 Å². The molecule has 172 valence electrons. The van der Waals surface area contributed by atoms with Gasteiger partial charge in [0.15, 0.2) is 11.5 Å². The molecule has 1 aromatic carbocycles. The smallest absolute Gasteiger partial charge is 0.279 e. The van der Waals surface area contributed by atoms with Crippen LogP contribution in [0.25, 0.3) is 0 Å². The van der Waals surface area contributed by atoms with Crippen LogP contribution < -0.4 is 20.0 Å². The summed E-state index contributed by atoms with van der Waals surface area (Å²) in [5.74, 6) is 0.986. The van der Waals surface area contributed by atoms with Crippen molar-refractivity contribution in [2.75, 3.05) is 46.7 Å². The first-order chi connectivity index (χ1) is 15.9. The first-order valence-corrected chi connectivity index (χ1v) is 12.0. The van der Waals surface area contributed by atoms with Crippen LogP contribution in [0.1, 0.15) is 35.3 Å². The van der Waals surface area contributed by atoms with Gasteiger partial charge in [-0.25, -0.2) is 9.97 Å². The van der Waals surface area contributed by atoms with E-state index in [0.29, 0.717) is 29.7 Å². The van der Waals surface area contributed by atoms with E-state index in [1.165, 1.54) is 11.3 Å². The van der Waals surface area contributed by atoms with E-state index in [-0.39, 0.29) is 12.0 Å². The number of nitrogens with zero attached hydrogens (tertiary/aromatic N) is 6. The van der Waals surface area contributed by atoms with Crippen molar-refractivity contribution in [2.45, 2.75) is 32.8 Å². The maximum atomic E-state index is 13.0. The van der Waals surface area contributed by atoms with Crippen molar-refractivity contribution in [3.05, 3.63) is 41.2 Å². The van der Waals surface area contributed by atoms with Gasteiger partial charge in [-0.15, -0.1) is 11.3 Å². The Morgan fingerprint density at radius 3 is 2.61 bits per heavy atom. The molecule has 1 saturated heterocycles. The summed E-state index contributed by atoms with van der Waals surface area (Å²) in [6, 6.07) is 8.15. The lowest BCUT2D eigenvalue weighted by Crippen LogP contribution is -2.35. The molecule has 2 aliphatic heterocycles. The predicted molar refractivity (Wildman–Crippen MR) is 131 cm³/mol. The van der Waals surface area contributed by atoms with Crippen molar-refractivity contribution in [2.24, 2.45) is 0 Å². The van der Waals surface area contributed by atoms with Crippen LogP contribution in [-0.2, 0) is 0 Å². The fourth-order valence-corrected chi connectivity index (χ4v) is 5.24. The number of carbonyl (C=O) groups is 1. The van der Waals surface area contributed by atoms with Gasteiger partial charge in [0.05, 0.1) is 17.3 Å². The van der Waals surface area contributed by atoms with Crippen molar-refractivity contribution < 1.29 is 9.90 Å². The lowest BCUT2D eigenvalue weighted by Gasteiger charge is -2.31. The van der Waals surface area contributed by atoms with Gasteiger partial charge in [-0.1, -0.05) is 0 Å². The average molecular weight is 466 g/mol. The molecule has 33 heavy (non-hydrogen) atoms. The fourth-order valence-electron chi connectivity index (χ4n) is 4.27. The fraction of sp³-hybridized carbons (Fsp3) is 0.391. The highest BCUT2D eigenvalue weighted by atomic mass is 32.1. The first kappa shape index (κ1) is 21.6. The molecule has 0 bridgehead atoms. The average Bonchev–Trinajstić information content (AvgIpc) is 3.18. The molecule has 5 rings (SSSR count). The lowest BCUT2D eigenvalue weighted by molar-refractivity contribution is 0.0990. The number of anilines is 6. The predicted octanol–water partition coefficient (Wildman–Crippen LogP) is 3.69. The third-order valence-electron chi connectivity index (χ3n) is 6.10. The second-order valence-electron chi connectivity index (χ2n) is 8.29. The molecule has 2 aliphatic rings. The topological polar surface area (TPSA) is 97.7 Å². The van der Waals surface area contributed by atoms with Crippen LogP contribution in [0.5, 0.6) is 0 Å². The van der Waals surface area contributed by atoms with E-state index in [0.717, 1.165) is 47.3 Å². The number of hydrogen-bond donors (Lipinski definition) is 2. The van der Waals surface area contributed by atoms with Crippen molar-refractivity contribution in [3.8, 4) is 0 Å².